The second-order valence-electron chi connectivity index (χ2n) is 4.98. The van der Waals surface area contributed by atoms with Crippen LogP contribution in [-0.4, -0.2) is 47.2 Å². The SMILES string of the molecule is COCCN(Cc1ccoc1)S(=O)(=O)c1cc(OC)ccc1OC. The Bertz CT molecular complexity index is 742. The van der Waals surface area contributed by atoms with Crippen LogP contribution >= 0.6 is 0 Å². The Morgan fingerprint density at radius 1 is 1.12 bits per heavy atom. The molecular weight excluding hydrogens is 334 g/mol. The number of hydrogen-bond donors (Lipinski definition) is 0. The van der Waals surface area contributed by atoms with E-state index in [4.69, 9.17) is 18.6 Å². The molecular formula is C16H21NO6S. The Kier molecular flexibility index (Phi) is 6.24. The fourth-order valence-electron chi connectivity index (χ4n) is 2.19. The number of sulfonamides is 1. The maximum atomic E-state index is 13.1. The molecule has 132 valence electrons. The fourth-order valence-corrected chi connectivity index (χ4v) is 3.77. The van der Waals surface area contributed by atoms with Crippen molar-refractivity contribution in [3.8, 4) is 11.5 Å². The highest BCUT2D eigenvalue weighted by atomic mass is 32.2. The standard InChI is InChI=1S/C16H21NO6S/c1-20-9-7-17(11-13-6-8-23-12-13)24(18,19)16-10-14(21-2)4-5-15(16)22-3/h4-6,8,10,12H,7,9,11H2,1-3H3. The number of methoxy groups -OCH3 is 3. The van der Waals surface area contributed by atoms with Gasteiger partial charge in [-0.3, -0.25) is 0 Å². The summed E-state index contributed by atoms with van der Waals surface area (Å²) in [4.78, 5) is 0.0453. The van der Waals surface area contributed by atoms with E-state index in [9.17, 15) is 8.42 Å². The molecule has 1 aromatic heterocycles. The molecule has 2 aromatic rings. The summed E-state index contributed by atoms with van der Waals surface area (Å²) in [5.74, 6) is 0.690. The Balaban J connectivity index is 2.42. The lowest BCUT2D eigenvalue weighted by Crippen LogP contribution is -2.33. The summed E-state index contributed by atoms with van der Waals surface area (Å²) in [6, 6.07) is 6.38. The average Bonchev–Trinajstić information content (AvgIpc) is 3.10. The Hall–Kier alpha value is -2.03. The normalized spacial score (nSPS) is 11.7. The van der Waals surface area contributed by atoms with Gasteiger partial charge in [-0.15, -0.1) is 0 Å². The highest BCUT2D eigenvalue weighted by Crippen LogP contribution is 2.31. The molecule has 1 aromatic carbocycles. The van der Waals surface area contributed by atoms with Gasteiger partial charge in [0.25, 0.3) is 0 Å². The van der Waals surface area contributed by atoms with Gasteiger partial charge in [0, 0.05) is 31.8 Å². The van der Waals surface area contributed by atoms with Gasteiger partial charge in [-0.1, -0.05) is 0 Å². The average molecular weight is 355 g/mol. The molecule has 0 N–H and O–H groups in total. The van der Waals surface area contributed by atoms with Crippen LogP contribution < -0.4 is 9.47 Å². The van der Waals surface area contributed by atoms with Gasteiger partial charge in [0.2, 0.25) is 10.0 Å². The monoisotopic (exact) mass is 355 g/mol. The molecule has 8 heteroatoms. The van der Waals surface area contributed by atoms with E-state index in [0.29, 0.717) is 5.75 Å². The van der Waals surface area contributed by atoms with Gasteiger partial charge in [0.05, 0.1) is 33.4 Å². The minimum absolute atomic E-state index is 0.0453. The smallest absolute Gasteiger partial charge is 0.247 e. The maximum absolute atomic E-state index is 13.1. The maximum Gasteiger partial charge on any atom is 0.247 e. The summed E-state index contributed by atoms with van der Waals surface area (Å²) >= 11 is 0. The molecule has 7 nitrogen and oxygen atoms in total. The van der Waals surface area contributed by atoms with E-state index in [1.165, 1.54) is 44.2 Å². The number of nitrogens with zero attached hydrogens (tertiary/aromatic N) is 1. The van der Waals surface area contributed by atoms with E-state index >= 15 is 0 Å². The van der Waals surface area contributed by atoms with Crippen LogP contribution in [0.3, 0.4) is 0 Å². The van der Waals surface area contributed by atoms with Crippen LogP contribution in [0.15, 0.2) is 46.1 Å². The Morgan fingerprint density at radius 3 is 2.50 bits per heavy atom. The second-order valence-corrected chi connectivity index (χ2v) is 6.89. The van der Waals surface area contributed by atoms with Crippen LogP contribution in [-0.2, 0) is 21.3 Å². The van der Waals surface area contributed by atoms with Crippen LogP contribution in [0.4, 0.5) is 0 Å². The number of hydrogen-bond acceptors (Lipinski definition) is 6. The van der Waals surface area contributed by atoms with Crippen LogP contribution in [0.25, 0.3) is 0 Å². The van der Waals surface area contributed by atoms with Crippen molar-refractivity contribution in [3.63, 3.8) is 0 Å². The van der Waals surface area contributed by atoms with Crippen molar-refractivity contribution in [1.82, 2.24) is 4.31 Å². The molecule has 2 rings (SSSR count). The van der Waals surface area contributed by atoms with Crippen molar-refractivity contribution < 1.29 is 27.0 Å². The molecule has 0 unspecified atom stereocenters. The van der Waals surface area contributed by atoms with Gasteiger partial charge in [0.1, 0.15) is 16.4 Å². The predicted molar refractivity (Wildman–Crippen MR) is 87.7 cm³/mol. The summed E-state index contributed by atoms with van der Waals surface area (Å²) in [6.45, 7) is 0.635. The molecule has 0 aliphatic carbocycles. The van der Waals surface area contributed by atoms with Crippen molar-refractivity contribution in [2.75, 3.05) is 34.5 Å². The van der Waals surface area contributed by atoms with Gasteiger partial charge >= 0.3 is 0 Å². The number of furan rings is 1. The quantitative estimate of drug-likeness (QED) is 0.686. The van der Waals surface area contributed by atoms with E-state index in [1.807, 2.05) is 0 Å². The molecule has 0 bridgehead atoms. The number of rotatable bonds is 9. The summed E-state index contributed by atoms with van der Waals surface area (Å²) < 4.78 is 48.0. The highest BCUT2D eigenvalue weighted by Gasteiger charge is 2.28. The van der Waals surface area contributed by atoms with E-state index in [0.717, 1.165) is 5.56 Å². The van der Waals surface area contributed by atoms with Gasteiger partial charge < -0.3 is 18.6 Å². The van der Waals surface area contributed by atoms with E-state index in [1.54, 1.807) is 18.2 Å². The Labute approximate surface area is 141 Å². The highest BCUT2D eigenvalue weighted by molar-refractivity contribution is 7.89. The second kappa shape index (κ2) is 8.18. The topological polar surface area (TPSA) is 78.2 Å². The number of benzene rings is 1. The lowest BCUT2D eigenvalue weighted by atomic mass is 10.3. The third kappa shape index (κ3) is 4.08. The lowest BCUT2D eigenvalue weighted by Gasteiger charge is -2.22. The molecule has 1 heterocycles. The summed E-state index contributed by atoms with van der Waals surface area (Å²) in [7, 11) is 0.610. The summed E-state index contributed by atoms with van der Waals surface area (Å²) in [5.41, 5.74) is 0.747. The third-order valence-electron chi connectivity index (χ3n) is 3.47. The first-order chi connectivity index (χ1) is 11.5. The predicted octanol–water partition coefficient (Wildman–Crippen LogP) is 2.13. The van der Waals surface area contributed by atoms with E-state index in [-0.39, 0.29) is 30.3 Å². The van der Waals surface area contributed by atoms with Gasteiger partial charge in [-0.2, -0.15) is 4.31 Å². The van der Waals surface area contributed by atoms with Crippen LogP contribution in [0, 0.1) is 0 Å². The fraction of sp³-hybridized carbons (Fsp3) is 0.375. The van der Waals surface area contributed by atoms with E-state index < -0.39 is 10.0 Å². The largest absolute Gasteiger partial charge is 0.497 e. The molecule has 0 saturated heterocycles. The molecule has 0 aliphatic rings. The molecule has 0 amide bonds. The van der Waals surface area contributed by atoms with Crippen molar-refractivity contribution in [2.45, 2.75) is 11.4 Å². The molecule has 24 heavy (non-hydrogen) atoms. The first kappa shape index (κ1) is 18.3. The minimum Gasteiger partial charge on any atom is -0.497 e. The number of ether oxygens (including phenoxy) is 3. The van der Waals surface area contributed by atoms with Crippen molar-refractivity contribution in [1.29, 1.82) is 0 Å². The van der Waals surface area contributed by atoms with Crippen LogP contribution in [0.2, 0.25) is 0 Å². The third-order valence-corrected chi connectivity index (χ3v) is 5.34. The molecule has 0 radical (unpaired) electrons. The molecule has 0 fully saturated rings. The van der Waals surface area contributed by atoms with Gasteiger partial charge in [-0.05, 0) is 18.2 Å². The Morgan fingerprint density at radius 2 is 1.92 bits per heavy atom. The van der Waals surface area contributed by atoms with E-state index in [2.05, 4.69) is 0 Å². The zero-order chi connectivity index (χ0) is 17.6. The lowest BCUT2D eigenvalue weighted by molar-refractivity contribution is 0.177. The van der Waals surface area contributed by atoms with Gasteiger partial charge in [0.15, 0.2) is 0 Å². The summed E-state index contributed by atoms with van der Waals surface area (Å²) in [6.07, 6.45) is 3.01. The van der Waals surface area contributed by atoms with Crippen molar-refractivity contribution in [2.24, 2.45) is 0 Å². The first-order valence-electron chi connectivity index (χ1n) is 7.25. The zero-order valence-corrected chi connectivity index (χ0v) is 14.7. The van der Waals surface area contributed by atoms with Crippen LogP contribution in [0.5, 0.6) is 11.5 Å². The van der Waals surface area contributed by atoms with Crippen molar-refractivity contribution in [3.05, 3.63) is 42.4 Å². The molecule has 0 atom stereocenters. The molecule has 0 saturated carbocycles. The zero-order valence-electron chi connectivity index (χ0n) is 13.9. The molecule has 0 spiro atoms. The van der Waals surface area contributed by atoms with Crippen LogP contribution in [0.1, 0.15) is 5.56 Å². The first-order valence-corrected chi connectivity index (χ1v) is 8.69. The molecule has 0 aliphatic heterocycles. The summed E-state index contributed by atoms with van der Waals surface area (Å²) in [5, 5.41) is 0. The van der Waals surface area contributed by atoms with Crippen molar-refractivity contribution >= 4 is 10.0 Å². The van der Waals surface area contributed by atoms with Gasteiger partial charge in [-0.25, -0.2) is 8.42 Å². The minimum atomic E-state index is -3.82.